The van der Waals surface area contributed by atoms with Crippen LogP contribution in [0.25, 0.3) is 0 Å². The summed E-state index contributed by atoms with van der Waals surface area (Å²) >= 11 is 0. The summed E-state index contributed by atoms with van der Waals surface area (Å²) in [4.78, 5) is 27.5. The van der Waals surface area contributed by atoms with Crippen molar-refractivity contribution in [1.82, 2.24) is 9.21 Å². The molecule has 1 aromatic heterocycles. The Hall–Kier alpha value is -2.65. The van der Waals surface area contributed by atoms with Gasteiger partial charge in [0.25, 0.3) is 5.91 Å². The predicted octanol–water partition coefficient (Wildman–Crippen LogP) is 2.78. The molecule has 1 aromatic carbocycles. The van der Waals surface area contributed by atoms with E-state index in [4.69, 9.17) is 4.42 Å². The van der Waals surface area contributed by atoms with Crippen molar-refractivity contribution in [3.05, 3.63) is 47.4 Å². The Morgan fingerprint density at radius 3 is 2.57 bits per heavy atom. The van der Waals surface area contributed by atoms with Crippen LogP contribution in [0, 0.1) is 13.8 Å². The number of benzene rings is 1. The Kier molecular flexibility index (Phi) is 6.33. The van der Waals surface area contributed by atoms with Gasteiger partial charge in [0.1, 0.15) is 6.04 Å². The van der Waals surface area contributed by atoms with Gasteiger partial charge < -0.3 is 14.6 Å². The van der Waals surface area contributed by atoms with Crippen molar-refractivity contribution >= 4 is 27.5 Å². The molecule has 0 radical (unpaired) electrons. The standard InChI is InChI=1S/C21H27N3O5S/c1-14-12-16(30(27,28)23(3)4)13-17(15(14)2)22-20(25)18-8-5-6-10-24(18)21(26)19-9-7-11-29-19/h7,9,11-13,18H,5-6,8,10H2,1-4H3,(H,22,25). The third kappa shape index (κ3) is 4.27. The molecule has 1 aliphatic rings. The minimum absolute atomic E-state index is 0.109. The number of hydrogen-bond acceptors (Lipinski definition) is 5. The normalized spacial score (nSPS) is 17.2. The highest BCUT2D eigenvalue weighted by Gasteiger charge is 2.34. The van der Waals surface area contributed by atoms with Gasteiger partial charge in [-0.15, -0.1) is 0 Å². The molecule has 1 N–H and O–H groups in total. The fourth-order valence-electron chi connectivity index (χ4n) is 3.52. The molecule has 162 valence electrons. The zero-order valence-electron chi connectivity index (χ0n) is 17.6. The average Bonchev–Trinajstić information content (AvgIpc) is 3.25. The van der Waals surface area contributed by atoms with Gasteiger partial charge in [0.05, 0.1) is 11.2 Å². The molecular weight excluding hydrogens is 406 g/mol. The second-order valence-electron chi connectivity index (χ2n) is 7.68. The molecule has 0 spiro atoms. The van der Waals surface area contributed by atoms with Gasteiger partial charge in [-0.3, -0.25) is 9.59 Å². The van der Waals surface area contributed by atoms with Crippen molar-refractivity contribution in [3.8, 4) is 0 Å². The Labute approximate surface area is 176 Å². The molecule has 2 amide bonds. The number of carbonyl (C=O) groups is 2. The van der Waals surface area contributed by atoms with Crippen molar-refractivity contribution in [2.24, 2.45) is 0 Å². The smallest absolute Gasteiger partial charge is 0.290 e. The number of carbonyl (C=O) groups excluding carboxylic acids is 2. The zero-order chi connectivity index (χ0) is 22.1. The maximum atomic E-state index is 13.1. The summed E-state index contributed by atoms with van der Waals surface area (Å²) in [6, 6.07) is 5.62. The van der Waals surface area contributed by atoms with E-state index in [1.165, 1.54) is 31.3 Å². The summed E-state index contributed by atoms with van der Waals surface area (Å²) < 4.78 is 31.5. The highest BCUT2D eigenvalue weighted by Crippen LogP contribution is 2.27. The predicted molar refractivity (Wildman–Crippen MR) is 113 cm³/mol. The van der Waals surface area contributed by atoms with E-state index in [2.05, 4.69) is 5.32 Å². The number of piperidine rings is 1. The number of anilines is 1. The first-order valence-corrected chi connectivity index (χ1v) is 11.3. The van der Waals surface area contributed by atoms with E-state index >= 15 is 0 Å². The van der Waals surface area contributed by atoms with Crippen LogP contribution < -0.4 is 5.32 Å². The highest BCUT2D eigenvalue weighted by atomic mass is 32.2. The van der Waals surface area contributed by atoms with Crippen LogP contribution in [-0.4, -0.2) is 56.1 Å². The number of sulfonamides is 1. The first kappa shape index (κ1) is 22.0. The molecule has 1 fully saturated rings. The monoisotopic (exact) mass is 433 g/mol. The second kappa shape index (κ2) is 8.61. The van der Waals surface area contributed by atoms with Crippen LogP contribution in [0.3, 0.4) is 0 Å². The Morgan fingerprint density at radius 2 is 1.93 bits per heavy atom. The van der Waals surface area contributed by atoms with E-state index in [1.54, 1.807) is 25.1 Å². The summed E-state index contributed by atoms with van der Waals surface area (Å²) in [6.45, 7) is 4.08. The molecular formula is C21H27N3O5S. The number of rotatable bonds is 5. The van der Waals surface area contributed by atoms with Crippen molar-refractivity contribution < 1.29 is 22.4 Å². The molecule has 1 unspecified atom stereocenters. The average molecular weight is 434 g/mol. The summed E-state index contributed by atoms with van der Waals surface area (Å²) in [6.07, 6.45) is 3.60. The lowest BCUT2D eigenvalue weighted by atomic mass is 10.00. The number of furan rings is 1. The first-order valence-electron chi connectivity index (χ1n) is 9.82. The van der Waals surface area contributed by atoms with Crippen LogP contribution >= 0.6 is 0 Å². The van der Waals surface area contributed by atoms with E-state index < -0.39 is 16.1 Å². The Balaban J connectivity index is 1.89. The Bertz CT molecular complexity index is 1040. The van der Waals surface area contributed by atoms with Gasteiger partial charge in [0.15, 0.2) is 5.76 Å². The molecule has 1 atom stereocenters. The topological polar surface area (TPSA) is 99.9 Å². The van der Waals surface area contributed by atoms with E-state index in [0.29, 0.717) is 18.7 Å². The number of hydrogen-bond donors (Lipinski definition) is 1. The minimum Gasteiger partial charge on any atom is -0.459 e. The van der Waals surface area contributed by atoms with Gasteiger partial charge in [-0.1, -0.05) is 0 Å². The van der Waals surface area contributed by atoms with E-state index in [1.807, 2.05) is 6.92 Å². The lowest BCUT2D eigenvalue weighted by molar-refractivity contribution is -0.121. The molecule has 8 nitrogen and oxygen atoms in total. The van der Waals surface area contributed by atoms with E-state index in [-0.39, 0.29) is 22.5 Å². The third-order valence-corrected chi connectivity index (χ3v) is 7.27. The summed E-state index contributed by atoms with van der Waals surface area (Å²) in [7, 11) is -0.726. The molecule has 2 aromatic rings. The van der Waals surface area contributed by atoms with Gasteiger partial charge in [-0.25, -0.2) is 12.7 Å². The molecule has 1 saturated heterocycles. The minimum atomic E-state index is -3.65. The molecule has 30 heavy (non-hydrogen) atoms. The number of amides is 2. The molecule has 0 aliphatic carbocycles. The summed E-state index contributed by atoms with van der Waals surface area (Å²) in [5.41, 5.74) is 1.96. The number of nitrogens with zero attached hydrogens (tertiary/aromatic N) is 2. The van der Waals surface area contributed by atoms with Crippen LogP contribution in [0.4, 0.5) is 5.69 Å². The molecule has 9 heteroatoms. The summed E-state index contributed by atoms with van der Waals surface area (Å²) in [5, 5.41) is 2.86. The van der Waals surface area contributed by atoms with Gasteiger partial charge >= 0.3 is 0 Å². The van der Waals surface area contributed by atoms with Crippen LogP contribution in [0.1, 0.15) is 40.9 Å². The van der Waals surface area contributed by atoms with Gasteiger partial charge in [-0.05, 0) is 68.5 Å². The Morgan fingerprint density at radius 1 is 1.20 bits per heavy atom. The number of aryl methyl sites for hydroxylation is 1. The molecule has 0 saturated carbocycles. The van der Waals surface area contributed by atoms with Gasteiger partial charge in [0.2, 0.25) is 15.9 Å². The van der Waals surface area contributed by atoms with Gasteiger partial charge in [-0.2, -0.15) is 0 Å². The van der Waals surface area contributed by atoms with Crippen molar-refractivity contribution in [1.29, 1.82) is 0 Å². The lowest BCUT2D eigenvalue weighted by Crippen LogP contribution is -2.50. The van der Waals surface area contributed by atoms with Crippen LogP contribution in [0.15, 0.2) is 39.8 Å². The van der Waals surface area contributed by atoms with Crippen molar-refractivity contribution in [2.75, 3.05) is 26.0 Å². The molecule has 1 aliphatic heterocycles. The number of likely N-dealkylation sites (tertiary alicyclic amines) is 1. The fourth-order valence-corrected chi connectivity index (χ4v) is 4.53. The largest absolute Gasteiger partial charge is 0.459 e. The van der Waals surface area contributed by atoms with Crippen LogP contribution in [0.2, 0.25) is 0 Å². The highest BCUT2D eigenvalue weighted by molar-refractivity contribution is 7.89. The van der Waals surface area contributed by atoms with E-state index in [0.717, 1.165) is 28.3 Å². The third-order valence-electron chi connectivity index (χ3n) is 5.48. The summed E-state index contributed by atoms with van der Waals surface area (Å²) in [5.74, 6) is -0.464. The zero-order valence-corrected chi connectivity index (χ0v) is 18.5. The quantitative estimate of drug-likeness (QED) is 0.782. The van der Waals surface area contributed by atoms with Crippen molar-refractivity contribution in [2.45, 2.75) is 44.0 Å². The maximum absolute atomic E-state index is 13.1. The lowest BCUT2D eigenvalue weighted by Gasteiger charge is -2.34. The van der Waals surface area contributed by atoms with Crippen molar-refractivity contribution in [3.63, 3.8) is 0 Å². The van der Waals surface area contributed by atoms with Crippen LogP contribution in [-0.2, 0) is 14.8 Å². The molecule has 0 bridgehead atoms. The first-order chi connectivity index (χ1) is 14.1. The fraction of sp³-hybridized carbons (Fsp3) is 0.429. The van der Waals surface area contributed by atoms with Gasteiger partial charge in [0, 0.05) is 26.3 Å². The SMILES string of the molecule is Cc1cc(S(=O)(=O)N(C)C)cc(NC(=O)C2CCCCN2C(=O)c2ccco2)c1C. The molecule has 2 heterocycles. The number of nitrogens with one attached hydrogen (secondary N) is 1. The maximum Gasteiger partial charge on any atom is 0.290 e. The van der Waals surface area contributed by atoms with Crippen LogP contribution in [0.5, 0.6) is 0 Å². The second-order valence-corrected chi connectivity index (χ2v) is 9.83. The molecule has 3 rings (SSSR count). The van der Waals surface area contributed by atoms with E-state index in [9.17, 15) is 18.0 Å².